The maximum atomic E-state index is 13.1. The van der Waals surface area contributed by atoms with Crippen LogP contribution < -0.4 is 9.64 Å². The summed E-state index contributed by atoms with van der Waals surface area (Å²) in [4.78, 5) is 34.0. The van der Waals surface area contributed by atoms with E-state index in [1.54, 1.807) is 11.3 Å². The summed E-state index contributed by atoms with van der Waals surface area (Å²) in [6, 6.07) is 11.9. The fraction of sp³-hybridized carbons (Fsp3) is 0.485. The highest BCUT2D eigenvalue weighted by Gasteiger charge is 2.46. The Bertz CT molecular complexity index is 1460. The lowest BCUT2D eigenvalue weighted by atomic mass is 9.85. The first-order valence-corrected chi connectivity index (χ1v) is 15.9. The first kappa shape index (κ1) is 28.7. The van der Waals surface area contributed by atoms with E-state index in [4.69, 9.17) is 9.72 Å². The number of fused-ring (bicyclic) bond motifs is 2. The molecule has 42 heavy (non-hydrogen) atoms. The third kappa shape index (κ3) is 5.77. The molecule has 2 unspecified atom stereocenters. The number of thiazole rings is 1. The van der Waals surface area contributed by atoms with Crippen molar-refractivity contribution < 1.29 is 24.5 Å². The lowest BCUT2D eigenvalue weighted by Gasteiger charge is -2.35. The molecule has 1 amide bonds. The topological polar surface area (TPSA) is 103 Å². The van der Waals surface area contributed by atoms with Crippen molar-refractivity contribution in [2.24, 2.45) is 23.7 Å². The van der Waals surface area contributed by atoms with Crippen molar-refractivity contribution in [2.45, 2.75) is 46.1 Å². The van der Waals surface area contributed by atoms with Crippen molar-refractivity contribution in [3.05, 3.63) is 64.0 Å². The van der Waals surface area contributed by atoms with Crippen LogP contribution in [0.2, 0.25) is 0 Å². The smallest absolute Gasteiger partial charge is 0.307 e. The van der Waals surface area contributed by atoms with E-state index in [0.29, 0.717) is 24.6 Å². The number of anilines is 1. The molecule has 2 aliphatic heterocycles. The molecule has 0 spiro atoms. The Balaban J connectivity index is 1.14. The number of hydrogen-bond donors (Lipinski definition) is 2. The van der Waals surface area contributed by atoms with E-state index >= 15 is 0 Å². The van der Waals surface area contributed by atoms with Crippen molar-refractivity contribution in [3.8, 4) is 17.0 Å². The number of rotatable bonds is 9. The van der Waals surface area contributed by atoms with Gasteiger partial charge in [-0.1, -0.05) is 17.7 Å². The molecule has 1 aliphatic carbocycles. The Morgan fingerprint density at radius 3 is 2.55 bits per heavy atom. The second-order valence-corrected chi connectivity index (χ2v) is 13.1. The van der Waals surface area contributed by atoms with Crippen molar-refractivity contribution in [1.29, 1.82) is 0 Å². The molecule has 2 saturated heterocycles. The van der Waals surface area contributed by atoms with Gasteiger partial charge in [0.2, 0.25) is 0 Å². The lowest BCUT2D eigenvalue weighted by Crippen LogP contribution is -2.44. The van der Waals surface area contributed by atoms with Crippen molar-refractivity contribution >= 4 is 28.3 Å². The number of benzene rings is 2. The number of piperidine rings is 1. The Morgan fingerprint density at radius 1 is 1.05 bits per heavy atom. The van der Waals surface area contributed by atoms with Crippen LogP contribution in [0.25, 0.3) is 11.3 Å². The van der Waals surface area contributed by atoms with Crippen molar-refractivity contribution in [3.63, 3.8) is 0 Å². The van der Waals surface area contributed by atoms with Crippen LogP contribution in [-0.4, -0.2) is 64.8 Å². The molecule has 4 atom stereocenters. The zero-order valence-electron chi connectivity index (χ0n) is 24.3. The second kappa shape index (κ2) is 12.1. The van der Waals surface area contributed by atoms with Gasteiger partial charge in [-0.05, 0) is 92.7 Å². The van der Waals surface area contributed by atoms with Gasteiger partial charge >= 0.3 is 5.97 Å². The summed E-state index contributed by atoms with van der Waals surface area (Å²) in [5.41, 5.74) is 5.65. The standard InChI is InChI=1S/C33H39N3O5S/c1-20-3-8-29(41-18-26-7-4-23(14-21(26)2)31(38)35-11-9-22(15-35)10-12-37)27(13-20)28-19-42-33(34-28)36-16-24-5-6-25(17-36)30(24)32(39)40/h3-4,7-8,13-14,19,22,24-25,30,37H,5-6,9-12,15-18H2,1-2H3,(H,39,40)/t22?,24-,25+,30?. The zero-order chi connectivity index (χ0) is 29.4. The number of likely N-dealkylation sites (tertiary alicyclic amines) is 1. The number of aliphatic carboxylic acids is 1. The number of aryl methyl sites for hydroxylation is 2. The molecule has 222 valence electrons. The highest BCUT2D eigenvalue weighted by atomic mass is 32.1. The Morgan fingerprint density at radius 2 is 1.83 bits per heavy atom. The molecule has 3 aromatic rings. The number of carbonyl (C=O) groups is 2. The molecule has 3 heterocycles. The number of amides is 1. The average molecular weight is 590 g/mol. The predicted octanol–water partition coefficient (Wildman–Crippen LogP) is 5.40. The maximum absolute atomic E-state index is 13.1. The second-order valence-electron chi connectivity index (χ2n) is 12.2. The van der Waals surface area contributed by atoms with Gasteiger partial charge in [-0.15, -0.1) is 11.3 Å². The van der Waals surface area contributed by atoms with E-state index < -0.39 is 5.97 Å². The SMILES string of the molecule is Cc1ccc(OCc2ccc(C(=O)N3CCC(CCO)C3)cc2C)c(-c2csc(N3C[C@H]4CC[C@@H](C3)C4C(=O)O)n2)c1. The molecule has 6 rings (SSSR count). The molecule has 2 N–H and O–H groups in total. The van der Waals surface area contributed by atoms with E-state index in [2.05, 4.69) is 23.3 Å². The van der Waals surface area contributed by atoms with Crippen LogP contribution in [0, 0.1) is 37.5 Å². The van der Waals surface area contributed by atoms with Crippen molar-refractivity contribution in [2.75, 3.05) is 37.7 Å². The van der Waals surface area contributed by atoms with Gasteiger partial charge < -0.3 is 24.7 Å². The fourth-order valence-corrected chi connectivity index (χ4v) is 7.90. The molecular formula is C33H39N3O5S. The summed E-state index contributed by atoms with van der Waals surface area (Å²) in [5, 5.41) is 21.9. The van der Waals surface area contributed by atoms with Gasteiger partial charge in [0.05, 0.1) is 11.6 Å². The highest BCUT2D eigenvalue weighted by Crippen LogP contribution is 2.44. The zero-order valence-corrected chi connectivity index (χ0v) is 25.1. The maximum Gasteiger partial charge on any atom is 0.307 e. The predicted molar refractivity (Wildman–Crippen MR) is 163 cm³/mol. The van der Waals surface area contributed by atoms with Crippen LogP contribution in [0.1, 0.15) is 52.7 Å². The molecular weight excluding hydrogens is 550 g/mol. The Labute approximate surface area is 251 Å². The third-order valence-corrected chi connectivity index (χ3v) is 10.3. The number of aromatic nitrogens is 1. The molecule has 2 bridgehead atoms. The lowest BCUT2D eigenvalue weighted by molar-refractivity contribution is -0.144. The van der Waals surface area contributed by atoms with E-state index in [-0.39, 0.29) is 30.3 Å². The molecule has 0 radical (unpaired) electrons. The van der Waals surface area contributed by atoms with Crippen LogP contribution in [-0.2, 0) is 11.4 Å². The number of ether oxygens (including phenoxy) is 1. The molecule has 1 saturated carbocycles. The minimum absolute atomic E-state index is 0.0476. The van der Waals surface area contributed by atoms with Crippen molar-refractivity contribution in [1.82, 2.24) is 9.88 Å². The summed E-state index contributed by atoms with van der Waals surface area (Å²) >= 11 is 1.60. The molecule has 3 fully saturated rings. The molecule has 9 heteroatoms. The fourth-order valence-electron chi connectivity index (χ4n) is 7.05. The molecule has 2 aromatic carbocycles. The minimum atomic E-state index is -0.654. The van der Waals surface area contributed by atoms with Gasteiger partial charge in [0.1, 0.15) is 12.4 Å². The third-order valence-electron chi connectivity index (χ3n) is 9.38. The van der Waals surface area contributed by atoms with Crippen LogP contribution in [0.3, 0.4) is 0 Å². The van der Waals surface area contributed by atoms with Crippen LogP contribution in [0.15, 0.2) is 41.8 Å². The Kier molecular flexibility index (Phi) is 8.23. The monoisotopic (exact) mass is 589 g/mol. The van der Waals surface area contributed by atoms with E-state index in [0.717, 1.165) is 84.1 Å². The van der Waals surface area contributed by atoms with E-state index in [1.807, 2.05) is 42.2 Å². The molecule has 8 nitrogen and oxygen atoms in total. The van der Waals surface area contributed by atoms with Gasteiger partial charge in [0.25, 0.3) is 5.91 Å². The van der Waals surface area contributed by atoms with Gasteiger partial charge in [-0.3, -0.25) is 9.59 Å². The van der Waals surface area contributed by atoms with Gasteiger partial charge in [0.15, 0.2) is 5.13 Å². The summed E-state index contributed by atoms with van der Waals surface area (Å²) < 4.78 is 6.36. The first-order valence-electron chi connectivity index (χ1n) is 15.0. The first-order chi connectivity index (χ1) is 20.3. The number of hydrogen-bond acceptors (Lipinski definition) is 7. The summed E-state index contributed by atoms with van der Waals surface area (Å²) in [6.07, 6.45) is 3.64. The van der Waals surface area contributed by atoms with Gasteiger partial charge in [-0.2, -0.15) is 0 Å². The van der Waals surface area contributed by atoms with E-state index in [1.165, 1.54) is 0 Å². The minimum Gasteiger partial charge on any atom is -0.488 e. The Hall–Kier alpha value is -3.43. The summed E-state index contributed by atoms with van der Waals surface area (Å²) in [7, 11) is 0. The summed E-state index contributed by atoms with van der Waals surface area (Å²) in [5.74, 6) is 0.686. The number of aliphatic hydroxyl groups is 1. The number of carbonyl (C=O) groups excluding carboxylic acids is 1. The van der Waals surface area contributed by atoms with Gasteiger partial charge in [0, 0.05) is 49.3 Å². The van der Waals surface area contributed by atoms with Crippen LogP contribution in [0.4, 0.5) is 5.13 Å². The number of carboxylic acid groups (broad SMARTS) is 1. The quantitative estimate of drug-likeness (QED) is 0.345. The highest BCUT2D eigenvalue weighted by molar-refractivity contribution is 7.14. The number of nitrogens with zero attached hydrogens (tertiary/aromatic N) is 3. The van der Waals surface area contributed by atoms with Crippen LogP contribution >= 0.6 is 11.3 Å². The van der Waals surface area contributed by atoms with Gasteiger partial charge in [-0.25, -0.2) is 4.98 Å². The molecule has 3 aliphatic rings. The normalized spacial score (nSPS) is 23.4. The van der Waals surface area contributed by atoms with Crippen LogP contribution in [0.5, 0.6) is 5.75 Å². The summed E-state index contributed by atoms with van der Waals surface area (Å²) in [6.45, 7) is 7.55. The average Bonchev–Trinajstić information content (AvgIpc) is 3.71. The largest absolute Gasteiger partial charge is 0.488 e. The number of carboxylic acids is 1. The van der Waals surface area contributed by atoms with E-state index in [9.17, 15) is 19.8 Å². The molecule has 1 aromatic heterocycles. The number of aliphatic hydroxyl groups excluding tert-OH is 1.